The SMILES string of the molecule is Cc1nc2n(c1C)CCN(C(=O)NCc1ccccc1CC(C)C)C2. The predicted octanol–water partition coefficient (Wildman–Crippen LogP) is 3.42. The molecule has 1 aliphatic rings. The number of nitrogens with zero attached hydrogens (tertiary/aromatic N) is 3. The van der Waals surface area contributed by atoms with E-state index >= 15 is 0 Å². The lowest BCUT2D eigenvalue weighted by Crippen LogP contribution is -2.44. The van der Waals surface area contributed by atoms with E-state index in [2.05, 4.69) is 53.8 Å². The van der Waals surface area contributed by atoms with Crippen LogP contribution in [-0.2, 0) is 26.1 Å². The zero-order valence-electron chi connectivity index (χ0n) is 15.7. The van der Waals surface area contributed by atoms with E-state index in [1.54, 1.807) is 0 Å². The topological polar surface area (TPSA) is 50.2 Å². The number of aromatic nitrogens is 2. The molecule has 1 N–H and O–H groups in total. The molecule has 3 rings (SSSR count). The molecule has 0 saturated heterocycles. The Labute approximate surface area is 150 Å². The Balaban J connectivity index is 1.62. The summed E-state index contributed by atoms with van der Waals surface area (Å²) in [5.41, 5.74) is 4.78. The van der Waals surface area contributed by atoms with E-state index in [4.69, 9.17) is 0 Å². The van der Waals surface area contributed by atoms with Gasteiger partial charge >= 0.3 is 6.03 Å². The highest BCUT2D eigenvalue weighted by molar-refractivity contribution is 5.74. The van der Waals surface area contributed by atoms with Gasteiger partial charge in [-0.2, -0.15) is 0 Å². The summed E-state index contributed by atoms with van der Waals surface area (Å²) in [6.45, 7) is 11.2. The van der Waals surface area contributed by atoms with Crippen molar-refractivity contribution in [2.75, 3.05) is 6.54 Å². The third kappa shape index (κ3) is 3.86. The molecule has 1 aromatic heterocycles. The quantitative estimate of drug-likeness (QED) is 0.927. The van der Waals surface area contributed by atoms with Crippen LogP contribution in [0.25, 0.3) is 0 Å². The van der Waals surface area contributed by atoms with Crippen LogP contribution in [0.4, 0.5) is 4.79 Å². The van der Waals surface area contributed by atoms with Crippen LogP contribution in [0.1, 0.15) is 42.2 Å². The van der Waals surface area contributed by atoms with Gasteiger partial charge < -0.3 is 14.8 Å². The van der Waals surface area contributed by atoms with E-state index in [9.17, 15) is 4.79 Å². The summed E-state index contributed by atoms with van der Waals surface area (Å²) in [6.07, 6.45) is 1.03. The number of carbonyl (C=O) groups excluding carboxylic acids is 1. The minimum atomic E-state index is -0.0103. The fourth-order valence-electron chi connectivity index (χ4n) is 3.44. The van der Waals surface area contributed by atoms with Gasteiger partial charge in [0.1, 0.15) is 5.82 Å². The van der Waals surface area contributed by atoms with Gasteiger partial charge in [0, 0.05) is 25.3 Å². The number of nitrogens with one attached hydrogen (secondary N) is 1. The molecule has 0 bridgehead atoms. The third-order valence-corrected chi connectivity index (χ3v) is 4.93. The summed E-state index contributed by atoms with van der Waals surface area (Å²) in [5, 5.41) is 3.08. The largest absolute Gasteiger partial charge is 0.334 e. The second kappa shape index (κ2) is 7.30. The van der Waals surface area contributed by atoms with Gasteiger partial charge in [0.25, 0.3) is 0 Å². The van der Waals surface area contributed by atoms with Gasteiger partial charge in [0.15, 0.2) is 0 Å². The average molecular weight is 340 g/mol. The smallest absolute Gasteiger partial charge is 0.318 e. The number of amides is 2. The van der Waals surface area contributed by atoms with Crippen LogP contribution in [0, 0.1) is 19.8 Å². The van der Waals surface area contributed by atoms with Crippen LogP contribution in [0.3, 0.4) is 0 Å². The molecule has 2 amide bonds. The zero-order valence-corrected chi connectivity index (χ0v) is 15.7. The van der Waals surface area contributed by atoms with Crippen LogP contribution >= 0.6 is 0 Å². The molecule has 134 valence electrons. The first kappa shape index (κ1) is 17.5. The number of rotatable bonds is 4. The summed E-state index contributed by atoms with van der Waals surface area (Å²) in [4.78, 5) is 19.0. The molecule has 0 atom stereocenters. The van der Waals surface area contributed by atoms with Crippen LogP contribution in [0.2, 0.25) is 0 Å². The molecule has 0 fully saturated rings. The van der Waals surface area contributed by atoms with Crippen molar-refractivity contribution >= 4 is 6.03 Å². The first-order valence-corrected chi connectivity index (χ1v) is 9.08. The molecule has 2 aromatic rings. The molecule has 0 saturated carbocycles. The second-order valence-electron chi connectivity index (χ2n) is 7.30. The Morgan fingerprint density at radius 3 is 2.64 bits per heavy atom. The lowest BCUT2D eigenvalue weighted by Gasteiger charge is -2.28. The maximum Gasteiger partial charge on any atom is 0.318 e. The molecule has 0 aliphatic carbocycles. The van der Waals surface area contributed by atoms with Gasteiger partial charge in [-0.1, -0.05) is 38.1 Å². The minimum Gasteiger partial charge on any atom is -0.334 e. The van der Waals surface area contributed by atoms with Gasteiger partial charge in [-0.15, -0.1) is 0 Å². The van der Waals surface area contributed by atoms with Crippen LogP contribution in [0.15, 0.2) is 24.3 Å². The third-order valence-electron chi connectivity index (χ3n) is 4.93. The van der Waals surface area contributed by atoms with Crippen LogP contribution in [0.5, 0.6) is 0 Å². The second-order valence-corrected chi connectivity index (χ2v) is 7.30. The van der Waals surface area contributed by atoms with Crippen LogP contribution in [-0.4, -0.2) is 27.0 Å². The number of imidazole rings is 1. The molecule has 5 nitrogen and oxygen atoms in total. The van der Waals surface area contributed by atoms with Gasteiger partial charge in [0.05, 0.1) is 12.2 Å². The highest BCUT2D eigenvalue weighted by Gasteiger charge is 2.23. The number of carbonyl (C=O) groups is 1. The fraction of sp³-hybridized carbons (Fsp3) is 0.500. The Kier molecular flexibility index (Phi) is 5.11. The minimum absolute atomic E-state index is 0.0103. The van der Waals surface area contributed by atoms with E-state index in [1.807, 2.05) is 17.9 Å². The van der Waals surface area contributed by atoms with Gasteiger partial charge in [0.2, 0.25) is 0 Å². The highest BCUT2D eigenvalue weighted by atomic mass is 16.2. The number of fused-ring (bicyclic) bond motifs is 1. The molecule has 1 aliphatic heterocycles. The predicted molar refractivity (Wildman–Crippen MR) is 99.3 cm³/mol. The van der Waals surface area contributed by atoms with Gasteiger partial charge in [-0.3, -0.25) is 0 Å². The standard InChI is InChI=1S/C20H28N4O/c1-14(2)11-17-7-5-6-8-18(17)12-21-20(25)23-9-10-24-16(4)15(3)22-19(24)13-23/h5-8,14H,9-13H2,1-4H3,(H,21,25). The Morgan fingerprint density at radius 1 is 1.20 bits per heavy atom. The number of hydrogen-bond donors (Lipinski definition) is 1. The maximum absolute atomic E-state index is 12.6. The Bertz CT molecular complexity index is 763. The van der Waals surface area contributed by atoms with E-state index in [0.717, 1.165) is 31.0 Å². The van der Waals surface area contributed by atoms with Crippen LogP contribution < -0.4 is 5.32 Å². The van der Waals surface area contributed by atoms with Crippen molar-refractivity contribution in [3.05, 3.63) is 52.6 Å². The monoisotopic (exact) mass is 340 g/mol. The number of benzene rings is 1. The number of aryl methyl sites for hydroxylation is 1. The van der Waals surface area contributed by atoms with Crippen molar-refractivity contribution < 1.29 is 4.79 Å². The van der Waals surface area contributed by atoms with E-state index in [0.29, 0.717) is 19.0 Å². The molecule has 2 heterocycles. The maximum atomic E-state index is 12.6. The molecular weight excluding hydrogens is 312 g/mol. The average Bonchev–Trinajstić information content (AvgIpc) is 2.87. The first-order valence-electron chi connectivity index (χ1n) is 9.08. The molecule has 1 aromatic carbocycles. The van der Waals surface area contributed by atoms with Gasteiger partial charge in [-0.05, 0) is 37.3 Å². The molecule has 0 unspecified atom stereocenters. The summed E-state index contributed by atoms with van der Waals surface area (Å²) in [5.74, 6) is 1.58. The van der Waals surface area contributed by atoms with Gasteiger partial charge in [-0.25, -0.2) is 9.78 Å². The summed E-state index contributed by atoms with van der Waals surface area (Å²) in [7, 11) is 0. The molecule has 5 heteroatoms. The summed E-state index contributed by atoms with van der Waals surface area (Å²) in [6, 6.07) is 8.36. The lowest BCUT2D eigenvalue weighted by atomic mass is 9.98. The van der Waals surface area contributed by atoms with Crippen molar-refractivity contribution in [2.45, 2.75) is 53.8 Å². The highest BCUT2D eigenvalue weighted by Crippen LogP contribution is 2.17. The fourth-order valence-corrected chi connectivity index (χ4v) is 3.44. The summed E-state index contributed by atoms with van der Waals surface area (Å²) < 4.78 is 2.22. The molecule has 0 spiro atoms. The Hall–Kier alpha value is -2.30. The van der Waals surface area contributed by atoms with Crippen molar-refractivity contribution in [2.24, 2.45) is 5.92 Å². The Morgan fingerprint density at radius 2 is 1.92 bits per heavy atom. The summed E-state index contributed by atoms with van der Waals surface area (Å²) >= 11 is 0. The van der Waals surface area contributed by atoms with Crippen molar-refractivity contribution in [1.29, 1.82) is 0 Å². The van der Waals surface area contributed by atoms with Crippen molar-refractivity contribution in [3.63, 3.8) is 0 Å². The zero-order chi connectivity index (χ0) is 18.0. The van der Waals surface area contributed by atoms with E-state index < -0.39 is 0 Å². The molecule has 25 heavy (non-hydrogen) atoms. The van der Waals surface area contributed by atoms with E-state index in [-0.39, 0.29) is 6.03 Å². The van der Waals surface area contributed by atoms with Crippen molar-refractivity contribution in [1.82, 2.24) is 19.8 Å². The normalized spacial score (nSPS) is 13.9. The molecule has 0 radical (unpaired) electrons. The van der Waals surface area contributed by atoms with E-state index in [1.165, 1.54) is 16.8 Å². The van der Waals surface area contributed by atoms with Crippen molar-refractivity contribution in [3.8, 4) is 0 Å². The number of hydrogen-bond acceptors (Lipinski definition) is 2. The number of urea groups is 1. The molecular formula is C20H28N4O. The lowest BCUT2D eigenvalue weighted by molar-refractivity contribution is 0.181. The first-order chi connectivity index (χ1) is 12.0.